The molecule has 0 aromatic heterocycles. The van der Waals surface area contributed by atoms with Crippen molar-refractivity contribution in [1.82, 2.24) is 4.90 Å². The molecule has 1 heterocycles. The highest BCUT2D eigenvalue weighted by Crippen LogP contribution is 2.27. The number of rotatable bonds is 8. The van der Waals surface area contributed by atoms with E-state index in [2.05, 4.69) is 4.90 Å². The van der Waals surface area contributed by atoms with Crippen LogP contribution < -0.4 is 10.5 Å². The molecule has 2 N–H and O–H groups in total. The summed E-state index contributed by atoms with van der Waals surface area (Å²) >= 11 is 0. The lowest BCUT2D eigenvalue weighted by Crippen LogP contribution is -2.38. The van der Waals surface area contributed by atoms with E-state index >= 15 is 0 Å². The van der Waals surface area contributed by atoms with Gasteiger partial charge in [0.25, 0.3) is 5.69 Å². The van der Waals surface area contributed by atoms with E-state index in [1.54, 1.807) is 0 Å². The van der Waals surface area contributed by atoms with Gasteiger partial charge in [-0.25, -0.2) is 0 Å². The normalized spacial score (nSPS) is 15.9. The number of nitro benzene ring substituents is 1. The van der Waals surface area contributed by atoms with Gasteiger partial charge in [0.2, 0.25) is 5.91 Å². The lowest BCUT2D eigenvalue weighted by atomic mass is 10.1. The maximum atomic E-state index is 11.6. The molecule has 2 rings (SSSR count). The van der Waals surface area contributed by atoms with Crippen molar-refractivity contribution in [3.63, 3.8) is 0 Å². The minimum atomic E-state index is -0.592. The van der Waals surface area contributed by atoms with Gasteiger partial charge < -0.3 is 10.5 Å². The largest absolute Gasteiger partial charge is 0.475 e. The monoisotopic (exact) mass is 335 g/mol. The van der Waals surface area contributed by atoms with Gasteiger partial charge in [0.15, 0.2) is 12.0 Å². The van der Waals surface area contributed by atoms with Crippen LogP contribution in [0.4, 0.5) is 5.69 Å². The van der Waals surface area contributed by atoms with Gasteiger partial charge in [0.05, 0.1) is 10.5 Å². The number of hydrogen-bond donors (Lipinski definition) is 1. The molecule has 0 saturated carbocycles. The van der Waals surface area contributed by atoms with Crippen LogP contribution in [-0.4, -0.2) is 40.8 Å². The summed E-state index contributed by atoms with van der Waals surface area (Å²) in [6.07, 6.45) is 2.38. The van der Waals surface area contributed by atoms with Gasteiger partial charge in [-0.2, -0.15) is 0 Å². The van der Waals surface area contributed by atoms with Crippen molar-refractivity contribution in [2.75, 3.05) is 13.1 Å². The molecule has 130 valence electrons. The average molecular weight is 335 g/mol. The highest BCUT2D eigenvalue weighted by atomic mass is 16.6. The molecule has 1 aromatic rings. The second kappa shape index (κ2) is 7.87. The van der Waals surface area contributed by atoms with E-state index in [9.17, 15) is 19.7 Å². The molecule has 1 saturated heterocycles. The predicted molar refractivity (Wildman–Crippen MR) is 86.8 cm³/mol. The molecule has 0 radical (unpaired) electrons. The SMILES string of the molecule is CC(=O)c1cc(OC(CCC(N)=O)N2CCCC2)ccc1[N+](=O)[O-]. The van der Waals surface area contributed by atoms with Crippen molar-refractivity contribution in [3.05, 3.63) is 33.9 Å². The minimum absolute atomic E-state index is 0.00701. The molecule has 1 atom stereocenters. The van der Waals surface area contributed by atoms with Crippen molar-refractivity contribution >= 4 is 17.4 Å². The number of hydrogen-bond acceptors (Lipinski definition) is 6. The quantitative estimate of drug-likeness (QED) is 0.440. The summed E-state index contributed by atoms with van der Waals surface area (Å²) in [6, 6.07) is 4.12. The second-order valence-electron chi connectivity index (χ2n) is 5.81. The maximum absolute atomic E-state index is 11.6. The first-order valence-corrected chi connectivity index (χ1v) is 7.87. The molecule has 1 aliphatic heterocycles. The third-order valence-corrected chi connectivity index (χ3v) is 4.00. The first kappa shape index (κ1) is 17.9. The van der Waals surface area contributed by atoms with Crippen molar-refractivity contribution in [2.24, 2.45) is 5.73 Å². The number of ether oxygens (including phenoxy) is 1. The summed E-state index contributed by atoms with van der Waals surface area (Å²) < 4.78 is 5.92. The topological polar surface area (TPSA) is 116 Å². The van der Waals surface area contributed by atoms with Crippen molar-refractivity contribution in [2.45, 2.75) is 38.8 Å². The molecule has 24 heavy (non-hydrogen) atoms. The number of likely N-dealkylation sites (tertiary alicyclic amines) is 1. The zero-order valence-corrected chi connectivity index (χ0v) is 13.6. The molecule has 1 fully saturated rings. The number of benzene rings is 1. The molecule has 0 spiro atoms. The van der Waals surface area contributed by atoms with Crippen LogP contribution in [0.15, 0.2) is 18.2 Å². The third-order valence-electron chi connectivity index (χ3n) is 4.00. The number of carbonyl (C=O) groups is 2. The predicted octanol–water partition coefficient (Wildman–Crippen LogP) is 1.86. The van der Waals surface area contributed by atoms with Crippen LogP contribution in [0.25, 0.3) is 0 Å². The highest BCUT2D eigenvalue weighted by Gasteiger charge is 2.25. The number of ketones is 1. The first-order chi connectivity index (χ1) is 11.4. The standard InChI is InChI=1S/C16H21N3O5/c1-11(20)13-10-12(4-5-14(13)19(22)23)24-16(7-6-15(17)21)18-8-2-3-9-18/h4-5,10,16H,2-3,6-9H2,1H3,(H2,17,21). The molecule has 8 heteroatoms. The van der Waals surface area contributed by atoms with Gasteiger partial charge in [0.1, 0.15) is 5.75 Å². The van der Waals surface area contributed by atoms with E-state index in [4.69, 9.17) is 10.5 Å². The Labute approximate surface area is 139 Å². The Balaban J connectivity index is 2.21. The number of Topliss-reactive ketones (excluding diaryl/α,β-unsaturated/α-hetero) is 1. The number of nitrogens with two attached hydrogens (primary N) is 1. The Hall–Kier alpha value is -2.48. The van der Waals surface area contributed by atoms with Crippen LogP contribution in [0, 0.1) is 10.1 Å². The molecule has 1 aromatic carbocycles. The Morgan fingerprint density at radius 2 is 2.04 bits per heavy atom. The number of carbonyl (C=O) groups excluding carboxylic acids is 2. The Kier molecular flexibility index (Phi) is 5.86. The third kappa shape index (κ3) is 4.51. The molecule has 0 aliphatic carbocycles. The Morgan fingerprint density at radius 3 is 2.58 bits per heavy atom. The molecule has 0 bridgehead atoms. The summed E-state index contributed by atoms with van der Waals surface area (Å²) in [4.78, 5) is 35.2. The smallest absolute Gasteiger partial charge is 0.280 e. The summed E-state index contributed by atoms with van der Waals surface area (Å²) in [6.45, 7) is 2.99. The van der Waals surface area contributed by atoms with Crippen LogP contribution in [0.1, 0.15) is 43.0 Å². The fraction of sp³-hybridized carbons (Fsp3) is 0.500. The van der Waals surface area contributed by atoms with E-state index in [0.717, 1.165) is 25.9 Å². The van der Waals surface area contributed by atoms with Crippen LogP contribution >= 0.6 is 0 Å². The highest BCUT2D eigenvalue weighted by molar-refractivity contribution is 5.98. The summed E-state index contributed by atoms with van der Waals surface area (Å²) in [5.41, 5.74) is 4.98. The lowest BCUT2D eigenvalue weighted by molar-refractivity contribution is -0.385. The van der Waals surface area contributed by atoms with Crippen molar-refractivity contribution in [3.8, 4) is 5.75 Å². The zero-order valence-electron chi connectivity index (χ0n) is 13.6. The Morgan fingerprint density at radius 1 is 1.38 bits per heavy atom. The van der Waals surface area contributed by atoms with Crippen LogP contribution in [0.2, 0.25) is 0 Å². The van der Waals surface area contributed by atoms with Gasteiger partial charge in [-0.3, -0.25) is 24.6 Å². The summed E-state index contributed by atoms with van der Waals surface area (Å²) in [7, 11) is 0. The number of nitrogens with zero attached hydrogens (tertiary/aromatic N) is 2. The zero-order chi connectivity index (χ0) is 17.7. The maximum Gasteiger partial charge on any atom is 0.280 e. The van der Waals surface area contributed by atoms with Gasteiger partial charge in [0, 0.05) is 32.0 Å². The summed E-state index contributed by atoms with van der Waals surface area (Å²) in [5.74, 6) is -0.440. The van der Waals surface area contributed by atoms with Crippen LogP contribution in [0.5, 0.6) is 5.75 Å². The van der Waals surface area contributed by atoms with Crippen molar-refractivity contribution in [1.29, 1.82) is 0 Å². The van der Waals surface area contributed by atoms with Crippen LogP contribution in [0.3, 0.4) is 0 Å². The fourth-order valence-corrected chi connectivity index (χ4v) is 2.80. The molecule has 1 aliphatic rings. The van der Waals surface area contributed by atoms with E-state index in [1.165, 1.54) is 25.1 Å². The van der Waals surface area contributed by atoms with E-state index in [1.807, 2.05) is 0 Å². The number of nitro groups is 1. The fourth-order valence-electron chi connectivity index (χ4n) is 2.80. The van der Waals surface area contributed by atoms with E-state index < -0.39 is 16.6 Å². The average Bonchev–Trinajstić information content (AvgIpc) is 3.05. The van der Waals surface area contributed by atoms with E-state index in [0.29, 0.717) is 12.2 Å². The minimum Gasteiger partial charge on any atom is -0.475 e. The van der Waals surface area contributed by atoms with Crippen LogP contribution in [-0.2, 0) is 4.79 Å². The molecular weight excluding hydrogens is 314 g/mol. The second-order valence-corrected chi connectivity index (χ2v) is 5.81. The van der Waals surface area contributed by atoms with Gasteiger partial charge in [-0.1, -0.05) is 0 Å². The summed E-state index contributed by atoms with van der Waals surface area (Å²) in [5, 5.41) is 11.0. The number of amides is 1. The lowest BCUT2D eigenvalue weighted by Gasteiger charge is -2.28. The molecular formula is C16H21N3O5. The van der Waals surface area contributed by atoms with E-state index in [-0.39, 0.29) is 23.9 Å². The molecule has 1 amide bonds. The Bertz CT molecular complexity index is 641. The molecule has 8 nitrogen and oxygen atoms in total. The van der Waals surface area contributed by atoms with Gasteiger partial charge >= 0.3 is 0 Å². The van der Waals surface area contributed by atoms with Gasteiger partial charge in [-0.05, 0) is 31.9 Å². The van der Waals surface area contributed by atoms with Gasteiger partial charge in [-0.15, -0.1) is 0 Å². The van der Waals surface area contributed by atoms with Crippen molar-refractivity contribution < 1.29 is 19.2 Å². The molecule has 1 unspecified atom stereocenters. The first-order valence-electron chi connectivity index (χ1n) is 7.87. The number of primary amides is 1.